The number of para-hydroxylation sites is 1. The van der Waals surface area contributed by atoms with Gasteiger partial charge in [-0.05, 0) is 18.6 Å². The number of hydrogen-bond acceptors (Lipinski definition) is 8. The van der Waals surface area contributed by atoms with Gasteiger partial charge in [-0.2, -0.15) is 24.7 Å². The van der Waals surface area contributed by atoms with Gasteiger partial charge in [0.15, 0.2) is 0 Å². The molecule has 3 rings (SSSR count). The standard InChI is InChI=1S/C12H13N9/c1-8-4-2-3-5-9(8)16-10-17-11(20-13)19-12(18-10)21-7-14-6-15-21/h2-7H,13H2,1H3,(H2,16,17,18,19,20). The third-order valence-corrected chi connectivity index (χ3v) is 2.77. The Kier molecular flexibility index (Phi) is 3.39. The highest BCUT2D eigenvalue weighted by atomic mass is 15.4. The van der Waals surface area contributed by atoms with Crippen LogP contribution in [0.25, 0.3) is 5.95 Å². The molecule has 2 aromatic heterocycles. The summed E-state index contributed by atoms with van der Waals surface area (Å²) in [5.41, 5.74) is 4.38. The number of rotatable bonds is 4. The number of nitrogens with zero attached hydrogens (tertiary/aromatic N) is 6. The Bertz CT molecular complexity index is 738. The molecule has 0 bridgehead atoms. The monoisotopic (exact) mass is 283 g/mol. The molecule has 2 heterocycles. The Balaban J connectivity index is 1.99. The first-order valence-corrected chi connectivity index (χ1v) is 6.16. The van der Waals surface area contributed by atoms with Crippen LogP contribution in [0.1, 0.15) is 5.56 Å². The van der Waals surface area contributed by atoms with Crippen molar-refractivity contribution < 1.29 is 0 Å². The van der Waals surface area contributed by atoms with E-state index >= 15 is 0 Å². The van der Waals surface area contributed by atoms with Crippen LogP contribution in [0.5, 0.6) is 0 Å². The van der Waals surface area contributed by atoms with Crippen molar-refractivity contribution in [2.24, 2.45) is 5.84 Å². The zero-order valence-corrected chi connectivity index (χ0v) is 11.2. The van der Waals surface area contributed by atoms with E-state index in [2.05, 4.69) is 35.8 Å². The van der Waals surface area contributed by atoms with Crippen LogP contribution >= 0.6 is 0 Å². The normalized spacial score (nSPS) is 10.4. The number of aromatic nitrogens is 6. The minimum atomic E-state index is 0.228. The molecule has 3 aromatic rings. The maximum Gasteiger partial charge on any atom is 0.258 e. The van der Waals surface area contributed by atoms with E-state index in [1.54, 1.807) is 0 Å². The SMILES string of the molecule is Cc1ccccc1Nc1nc(NN)nc(-n2cncn2)n1. The van der Waals surface area contributed by atoms with E-state index in [1.165, 1.54) is 17.3 Å². The maximum absolute atomic E-state index is 5.39. The first-order chi connectivity index (χ1) is 10.3. The zero-order valence-electron chi connectivity index (χ0n) is 11.2. The second-order valence-electron chi connectivity index (χ2n) is 4.21. The lowest BCUT2D eigenvalue weighted by molar-refractivity contribution is 0.797. The topological polar surface area (TPSA) is 119 Å². The number of hydrazine groups is 1. The van der Waals surface area contributed by atoms with Crippen molar-refractivity contribution in [3.05, 3.63) is 42.5 Å². The van der Waals surface area contributed by atoms with Crippen LogP contribution in [0, 0.1) is 6.92 Å². The summed E-state index contributed by atoms with van der Waals surface area (Å²) >= 11 is 0. The first kappa shape index (κ1) is 12.9. The predicted octanol–water partition coefficient (Wildman–Crippen LogP) is 0.790. The van der Waals surface area contributed by atoms with E-state index in [0.717, 1.165) is 11.3 Å². The van der Waals surface area contributed by atoms with Gasteiger partial charge in [0.2, 0.25) is 11.9 Å². The van der Waals surface area contributed by atoms with Gasteiger partial charge >= 0.3 is 0 Å². The molecule has 1 aromatic carbocycles. The number of aryl methyl sites for hydroxylation is 1. The van der Waals surface area contributed by atoms with Gasteiger partial charge in [0.25, 0.3) is 5.95 Å². The molecule has 106 valence electrons. The molecule has 0 atom stereocenters. The van der Waals surface area contributed by atoms with Crippen LogP contribution in [0.15, 0.2) is 36.9 Å². The molecule has 0 saturated carbocycles. The van der Waals surface area contributed by atoms with Crippen molar-refractivity contribution in [1.82, 2.24) is 29.7 Å². The number of nitrogens with one attached hydrogen (secondary N) is 2. The predicted molar refractivity (Wildman–Crippen MR) is 77.0 cm³/mol. The second-order valence-corrected chi connectivity index (χ2v) is 4.21. The molecule has 0 aliphatic rings. The van der Waals surface area contributed by atoms with Gasteiger partial charge in [-0.1, -0.05) is 18.2 Å². The molecule has 0 aliphatic heterocycles. The van der Waals surface area contributed by atoms with Gasteiger partial charge in [-0.25, -0.2) is 10.8 Å². The smallest absolute Gasteiger partial charge is 0.258 e. The third kappa shape index (κ3) is 2.77. The van der Waals surface area contributed by atoms with Gasteiger partial charge in [-0.3, -0.25) is 5.43 Å². The molecule has 0 aliphatic carbocycles. The Morgan fingerprint density at radius 3 is 2.62 bits per heavy atom. The van der Waals surface area contributed by atoms with E-state index < -0.39 is 0 Å². The summed E-state index contributed by atoms with van der Waals surface area (Å²) in [6.45, 7) is 1.99. The molecule has 9 heteroatoms. The minimum absolute atomic E-state index is 0.228. The molecule has 0 amide bonds. The molecule has 0 saturated heterocycles. The molecule has 0 unspecified atom stereocenters. The van der Waals surface area contributed by atoms with Crippen molar-refractivity contribution >= 4 is 17.6 Å². The number of nitrogen functional groups attached to an aromatic ring is 1. The Hall–Kier alpha value is -3.07. The fourth-order valence-electron chi connectivity index (χ4n) is 1.73. The lowest BCUT2D eigenvalue weighted by Crippen LogP contribution is -2.15. The van der Waals surface area contributed by atoms with Crippen molar-refractivity contribution in [3.63, 3.8) is 0 Å². The average molecular weight is 283 g/mol. The molecule has 0 spiro atoms. The van der Waals surface area contributed by atoms with Crippen LogP contribution in [0.2, 0.25) is 0 Å². The summed E-state index contributed by atoms with van der Waals surface area (Å²) in [7, 11) is 0. The van der Waals surface area contributed by atoms with Crippen molar-refractivity contribution in [3.8, 4) is 5.95 Å². The molecular weight excluding hydrogens is 270 g/mol. The van der Waals surface area contributed by atoms with E-state index in [1.807, 2.05) is 31.2 Å². The van der Waals surface area contributed by atoms with E-state index in [-0.39, 0.29) is 5.95 Å². The zero-order chi connectivity index (χ0) is 14.7. The maximum atomic E-state index is 5.39. The van der Waals surface area contributed by atoms with Gasteiger partial charge in [0.1, 0.15) is 12.7 Å². The molecule has 21 heavy (non-hydrogen) atoms. The first-order valence-electron chi connectivity index (χ1n) is 6.16. The summed E-state index contributed by atoms with van der Waals surface area (Å²) in [4.78, 5) is 16.4. The third-order valence-electron chi connectivity index (χ3n) is 2.77. The van der Waals surface area contributed by atoms with Gasteiger partial charge in [0, 0.05) is 5.69 Å². The molecule has 9 nitrogen and oxygen atoms in total. The molecule has 4 N–H and O–H groups in total. The summed E-state index contributed by atoms with van der Waals surface area (Å²) in [6.07, 6.45) is 2.89. The fourth-order valence-corrected chi connectivity index (χ4v) is 1.73. The van der Waals surface area contributed by atoms with Gasteiger partial charge in [-0.15, -0.1) is 0 Å². The van der Waals surface area contributed by atoms with E-state index in [4.69, 9.17) is 5.84 Å². The van der Waals surface area contributed by atoms with Gasteiger partial charge < -0.3 is 5.32 Å². The highest BCUT2D eigenvalue weighted by Gasteiger charge is 2.09. The van der Waals surface area contributed by atoms with Crippen LogP contribution < -0.4 is 16.6 Å². The Morgan fingerprint density at radius 1 is 1.10 bits per heavy atom. The summed E-state index contributed by atoms with van der Waals surface area (Å²) in [5, 5.41) is 7.11. The molecular formula is C12H13N9. The quantitative estimate of drug-likeness (QED) is 0.475. The number of benzene rings is 1. The van der Waals surface area contributed by atoms with Crippen molar-refractivity contribution in [1.29, 1.82) is 0 Å². The summed E-state index contributed by atoms with van der Waals surface area (Å²) < 4.78 is 1.42. The Labute approximate surface area is 120 Å². The van der Waals surface area contributed by atoms with Crippen LogP contribution in [0.4, 0.5) is 17.6 Å². The minimum Gasteiger partial charge on any atom is -0.324 e. The lowest BCUT2D eigenvalue weighted by Gasteiger charge is -2.09. The van der Waals surface area contributed by atoms with Gasteiger partial charge in [0.05, 0.1) is 0 Å². The fraction of sp³-hybridized carbons (Fsp3) is 0.0833. The highest BCUT2D eigenvalue weighted by Crippen LogP contribution is 2.18. The van der Waals surface area contributed by atoms with Crippen molar-refractivity contribution in [2.45, 2.75) is 6.92 Å². The van der Waals surface area contributed by atoms with Crippen molar-refractivity contribution in [2.75, 3.05) is 10.7 Å². The Morgan fingerprint density at radius 2 is 1.90 bits per heavy atom. The molecule has 0 fully saturated rings. The number of nitrogens with two attached hydrogens (primary N) is 1. The average Bonchev–Trinajstić information content (AvgIpc) is 3.04. The van der Waals surface area contributed by atoms with Crippen LogP contribution in [0.3, 0.4) is 0 Å². The summed E-state index contributed by atoms with van der Waals surface area (Å²) in [6, 6.07) is 7.81. The summed E-state index contributed by atoms with van der Waals surface area (Å²) in [5.74, 6) is 6.29. The van der Waals surface area contributed by atoms with E-state index in [0.29, 0.717) is 11.9 Å². The second kappa shape index (κ2) is 5.51. The number of hydrogen-bond donors (Lipinski definition) is 3. The molecule has 0 radical (unpaired) electrons. The lowest BCUT2D eigenvalue weighted by atomic mass is 10.2. The number of anilines is 3. The largest absolute Gasteiger partial charge is 0.324 e. The van der Waals surface area contributed by atoms with Crippen LogP contribution in [-0.4, -0.2) is 29.7 Å². The van der Waals surface area contributed by atoms with E-state index in [9.17, 15) is 0 Å². The van der Waals surface area contributed by atoms with Crippen LogP contribution in [-0.2, 0) is 0 Å². The highest BCUT2D eigenvalue weighted by molar-refractivity contribution is 5.58.